The molecule has 7 nitrogen and oxygen atoms in total. The van der Waals surface area contributed by atoms with E-state index in [-0.39, 0.29) is 12.5 Å². The highest BCUT2D eigenvalue weighted by Gasteiger charge is 2.05. The van der Waals surface area contributed by atoms with Gasteiger partial charge in [0.25, 0.3) is 5.91 Å². The molecule has 0 fully saturated rings. The lowest BCUT2D eigenvalue weighted by Gasteiger charge is -2.09. The molecule has 0 aliphatic rings. The molecule has 1 aromatic heterocycles. The van der Waals surface area contributed by atoms with E-state index in [0.29, 0.717) is 29.7 Å². The Labute approximate surface area is 163 Å². The molecular weight excluding hydrogens is 358 g/mol. The number of ether oxygens (including phenoxy) is 3. The van der Waals surface area contributed by atoms with E-state index in [9.17, 15) is 4.79 Å². The number of carbonyl (C=O) groups is 1. The molecule has 0 spiro atoms. The molecule has 0 bridgehead atoms. The van der Waals surface area contributed by atoms with Gasteiger partial charge in [0.15, 0.2) is 6.61 Å². The van der Waals surface area contributed by atoms with E-state index in [0.717, 1.165) is 12.2 Å². The van der Waals surface area contributed by atoms with Crippen LogP contribution in [0.25, 0.3) is 0 Å². The Kier molecular flexibility index (Phi) is 6.78. The van der Waals surface area contributed by atoms with Gasteiger partial charge in [-0.1, -0.05) is 6.92 Å². The first-order valence-corrected chi connectivity index (χ1v) is 8.92. The molecule has 1 heterocycles. The quantitative estimate of drug-likeness (QED) is 0.603. The number of rotatable bonds is 9. The number of hydrogen-bond donors (Lipinski definition) is 1. The Morgan fingerprint density at radius 1 is 0.929 bits per heavy atom. The molecule has 1 N–H and O–H groups in total. The third kappa shape index (κ3) is 5.98. The van der Waals surface area contributed by atoms with E-state index in [1.165, 1.54) is 6.20 Å². The Balaban J connectivity index is 1.45. The Morgan fingerprint density at radius 3 is 2.25 bits per heavy atom. The molecule has 0 aliphatic carbocycles. The van der Waals surface area contributed by atoms with Crippen molar-refractivity contribution < 1.29 is 19.0 Å². The molecule has 0 unspecified atom stereocenters. The highest BCUT2D eigenvalue weighted by Crippen LogP contribution is 2.21. The second-order valence-electron chi connectivity index (χ2n) is 5.83. The monoisotopic (exact) mass is 379 g/mol. The van der Waals surface area contributed by atoms with Crippen LogP contribution in [-0.4, -0.2) is 29.1 Å². The summed E-state index contributed by atoms with van der Waals surface area (Å²) in [5.74, 6) is 2.13. The van der Waals surface area contributed by atoms with Crippen molar-refractivity contribution in [2.24, 2.45) is 0 Å². The van der Waals surface area contributed by atoms with E-state index in [1.807, 2.05) is 12.1 Å². The van der Waals surface area contributed by atoms with E-state index in [2.05, 4.69) is 22.2 Å². The normalized spacial score (nSPS) is 10.2. The molecule has 28 heavy (non-hydrogen) atoms. The van der Waals surface area contributed by atoms with Gasteiger partial charge in [-0.2, -0.15) is 0 Å². The van der Waals surface area contributed by atoms with E-state index in [1.54, 1.807) is 48.8 Å². The van der Waals surface area contributed by atoms with Crippen LogP contribution < -0.4 is 19.5 Å². The number of carbonyl (C=O) groups excluding carboxylic acids is 1. The van der Waals surface area contributed by atoms with E-state index >= 15 is 0 Å². The van der Waals surface area contributed by atoms with Gasteiger partial charge in [0.05, 0.1) is 12.8 Å². The van der Waals surface area contributed by atoms with E-state index in [4.69, 9.17) is 14.2 Å². The molecule has 7 heteroatoms. The Hall–Kier alpha value is -3.61. The van der Waals surface area contributed by atoms with Crippen molar-refractivity contribution in [1.82, 2.24) is 9.97 Å². The van der Waals surface area contributed by atoms with Crippen LogP contribution >= 0.6 is 0 Å². The van der Waals surface area contributed by atoms with Crippen molar-refractivity contribution in [3.05, 3.63) is 67.1 Å². The van der Waals surface area contributed by atoms with Gasteiger partial charge in [0, 0.05) is 18.1 Å². The zero-order valence-electron chi connectivity index (χ0n) is 15.5. The Bertz CT molecular complexity index is 868. The smallest absolute Gasteiger partial charge is 0.262 e. The summed E-state index contributed by atoms with van der Waals surface area (Å²) in [6, 6.07) is 14.1. The van der Waals surface area contributed by atoms with E-state index < -0.39 is 0 Å². The minimum absolute atomic E-state index is 0.0903. The predicted molar refractivity (Wildman–Crippen MR) is 105 cm³/mol. The molecule has 0 radical (unpaired) electrons. The maximum Gasteiger partial charge on any atom is 0.262 e. The zero-order valence-corrected chi connectivity index (χ0v) is 15.5. The minimum atomic E-state index is -0.256. The number of nitrogens with one attached hydrogen (secondary N) is 1. The molecule has 3 rings (SSSR count). The fraction of sp³-hybridized carbons (Fsp3) is 0.190. The summed E-state index contributed by atoms with van der Waals surface area (Å²) in [6.45, 7) is 2.63. The lowest BCUT2D eigenvalue weighted by molar-refractivity contribution is -0.118. The van der Waals surface area contributed by atoms with Gasteiger partial charge in [-0.15, -0.1) is 0 Å². The maximum absolute atomic E-state index is 12.1. The summed E-state index contributed by atoms with van der Waals surface area (Å²) in [6.07, 6.45) is 5.60. The number of anilines is 1. The van der Waals surface area contributed by atoms with Gasteiger partial charge in [-0.3, -0.25) is 9.78 Å². The predicted octanol–water partition coefficient (Wildman–Crippen LogP) is 4.08. The van der Waals surface area contributed by atoms with Crippen molar-refractivity contribution in [3.8, 4) is 23.1 Å². The van der Waals surface area contributed by atoms with Crippen molar-refractivity contribution >= 4 is 11.6 Å². The van der Waals surface area contributed by atoms with Crippen LogP contribution in [-0.2, 0) is 4.79 Å². The molecule has 0 atom stereocenters. The molecule has 144 valence electrons. The highest BCUT2D eigenvalue weighted by molar-refractivity contribution is 5.91. The first-order valence-electron chi connectivity index (χ1n) is 8.92. The SMILES string of the molecule is CCCOc1ccc(OCC(=O)Nc2ccc(Oc3cnccn3)cc2)cc1. The highest BCUT2D eigenvalue weighted by atomic mass is 16.5. The van der Waals surface area contributed by atoms with Crippen LogP contribution in [0.2, 0.25) is 0 Å². The second-order valence-corrected chi connectivity index (χ2v) is 5.83. The molecule has 0 saturated carbocycles. The molecule has 3 aromatic rings. The van der Waals surface area contributed by atoms with Crippen LogP contribution in [0.3, 0.4) is 0 Å². The zero-order chi connectivity index (χ0) is 19.6. The standard InChI is InChI=1S/C21H21N3O4/c1-2-13-26-17-7-9-18(10-8-17)27-15-20(25)24-16-3-5-19(6-4-16)28-21-14-22-11-12-23-21/h3-12,14H,2,13,15H2,1H3,(H,24,25). The fourth-order valence-corrected chi connectivity index (χ4v) is 2.26. The first-order chi connectivity index (χ1) is 13.7. The van der Waals surface area contributed by atoms with Crippen molar-refractivity contribution in [2.45, 2.75) is 13.3 Å². The van der Waals surface area contributed by atoms with Crippen LogP contribution in [0.4, 0.5) is 5.69 Å². The fourth-order valence-electron chi connectivity index (χ4n) is 2.26. The summed E-state index contributed by atoms with van der Waals surface area (Å²) in [4.78, 5) is 20.0. The van der Waals surface area contributed by atoms with Gasteiger partial charge in [0.2, 0.25) is 5.88 Å². The third-order valence-electron chi connectivity index (χ3n) is 3.57. The first kappa shape index (κ1) is 19.2. The molecular formula is C21H21N3O4. The number of hydrogen-bond acceptors (Lipinski definition) is 6. The van der Waals surface area contributed by atoms with Gasteiger partial charge in [-0.05, 0) is 55.0 Å². The summed E-state index contributed by atoms with van der Waals surface area (Å²) in [5.41, 5.74) is 0.642. The molecule has 0 aliphatic heterocycles. The molecule has 1 amide bonds. The number of amides is 1. The van der Waals surface area contributed by atoms with Gasteiger partial charge < -0.3 is 19.5 Å². The maximum atomic E-state index is 12.1. The molecule has 2 aromatic carbocycles. The Morgan fingerprint density at radius 2 is 1.61 bits per heavy atom. The van der Waals surface area contributed by atoms with Crippen molar-refractivity contribution in [3.63, 3.8) is 0 Å². The number of benzene rings is 2. The third-order valence-corrected chi connectivity index (χ3v) is 3.57. The van der Waals surface area contributed by atoms with Crippen LogP contribution in [0.15, 0.2) is 67.1 Å². The van der Waals surface area contributed by atoms with Crippen molar-refractivity contribution in [2.75, 3.05) is 18.5 Å². The number of nitrogens with zero attached hydrogens (tertiary/aromatic N) is 2. The van der Waals surface area contributed by atoms with Gasteiger partial charge in [0.1, 0.15) is 17.2 Å². The number of aromatic nitrogens is 2. The average Bonchev–Trinajstić information content (AvgIpc) is 2.74. The van der Waals surface area contributed by atoms with Gasteiger partial charge in [-0.25, -0.2) is 4.98 Å². The minimum Gasteiger partial charge on any atom is -0.494 e. The van der Waals surface area contributed by atoms with Crippen molar-refractivity contribution in [1.29, 1.82) is 0 Å². The van der Waals surface area contributed by atoms with Crippen LogP contribution in [0, 0.1) is 0 Å². The largest absolute Gasteiger partial charge is 0.494 e. The summed E-state index contributed by atoms with van der Waals surface area (Å²) < 4.78 is 16.6. The summed E-state index contributed by atoms with van der Waals surface area (Å²) in [5, 5.41) is 2.77. The lowest BCUT2D eigenvalue weighted by atomic mass is 10.3. The molecule has 0 saturated heterocycles. The van der Waals surface area contributed by atoms with Crippen LogP contribution in [0.5, 0.6) is 23.1 Å². The summed E-state index contributed by atoms with van der Waals surface area (Å²) >= 11 is 0. The summed E-state index contributed by atoms with van der Waals surface area (Å²) in [7, 11) is 0. The van der Waals surface area contributed by atoms with Crippen LogP contribution in [0.1, 0.15) is 13.3 Å². The second kappa shape index (κ2) is 9.91. The lowest BCUT2D eigenvalue weighted by Crippen LogP contribution is -2.20. The average molecular weight is 379 g/mol. The topological polar surface area (TPSA) is 82.6 Å². The van der Waals surface area contributed by atoms with Gasteiger partial charge >= 0.3 is 0 Å².